The van der Waals surface area contributed by atoms with Gasteiger partial charge in [-0.3, -0.25) is 0 Å². The number of ether oxygens (including phenoxy) is 2. The van der Waals surface area contributed by atoms with Crippen molar-refractivity contribution >= 4 is 17.6 Å². The summed E-state index contributed by atoms with van der Waals surface area (Å²) in [7, 11) is 0. The molecule has 0 aromatic heterocycles. The van der Waals surface area contributed by atoms with E-state index in [-0.39, 0.29) is 13.2 Å². The molecule has 0 fully saturated rings. The number of para-hydroxylation sites is 1. The first-order valence-electron chi connectivity index (χ1n) is 4.85. The van der Waals surface area contributed by atoms with Crippen LogP contribution in [0.3, 0.4) is 0 Å². The van der Waals surface area contributed by atoms with Gasteiger partial charge in [-0.25, -0.2) is 4.79 Å². The van der Waals surface area contributed by atoms with E-state index in [9.17, 15) is 4.79 Å². The fraction of sp³-hybridized carbons (Fsp3) is 0.364. The van der Waals surface area contributed by atoms with Gasteiger partial charge in [-0.05, 0) is 13.0 Å². The second-order valence-electron chi connectivity index (χ2n) is 2.98. The van der Waals surface area contributed by atoms with Crippen molar-refractivity contribution in [1.82, 2.24) is 0 Å². The van der Waals surface area contributed by atoms with E-state index in [0.717, 1.165) is 0 Å². The van der Waals surface area contributed by atoms with Crippen LogP contribution in [0.4, 0.5) is 0 Å². The Morgan fingerprint density at radius 2 is 2.25 bits per heavy atom. The monoisotopic (exact) mass is 244 g/mol. The second-order valence-corrected chi connectivity index (χ2v) is 3.39. The lowest BCUT2D eigenvalue weighted by Gasteiger charge is -2.10. The lowest BCUT2D eigenvalue weighted by Crippen LogP contribution is -2.15. The summed E-state index contributed by atoms with van der Waals surface area (Å²) < 4.78 is 9.91. The zero-order valence-electron chi connectivity index (χ0n) is 8.90. The van der Waals surface area contributed by atoms with E-state index in [4.69, 9.17) is 26.2 Å². The van der Waals surface area contributed by atoms with Crippen LogP contribution in [0.25, 0.3) is 0 Å². The molecule has 88 valence electrons. The van der Waals surface area contributed by atoms with E-state index in [0.29, 0.717) is 22.9 Å². The number of benzene rings is 1. The van der Waals surface area contributed by atoms with Gasteiger partial charge >= 0.3 is 5.97 Å². The number of hydrogen-bond donors (Lipinski definition) is 1. The maximum absolute atomic E-state index is 11.1. The summed E-state index contributed by atoms with van der Waals surface area (Å²) in [6.07, 6.45) is 0. The van der Waals surface area contributed by atoms with Gasteiger partial charge in [0.2, 0.25) is 0 Å². The molecular formula is C11H13ClO4. The predicted octanol–water partition coefficient (Wildman–Crippen LogP) is 1.77. The van der Waals surface area contributed by atoms with Gasteiger partial charge in [-0.1, -0.05) is 23.7 Å². The van der Waals surface area contributed by atoms with Gasteiger partial charge in [0.05, 0.1) is 18.2 Å². The molecule has 1 aromatic rings. The van der Waals surface area contributed by atoms with E-state index < -0.39 is 5.97 Å². The quantitative estimate of drug-likeness (QED) is 0.802. The van der Waals surface area contributed by atoms with Crippen LogP contribution in [-0.4, -0.2) is 24.3 Å². The van der Waals surface area contributed by atoms with Crippen molar-refractivity contribution in [3.05, 3.63) is 28.8 Å². The van der Waals surface area contributed by atoms with Crippen LogP contribution in [-0.2, 0) is 16.1 Å². The van der Waals surface area contributed by atoms with Crippen molar-refractivity contribution in [2.24, 2.45) is 0 Å². The third kappa shape index (κ3) is 3.40. The van der Waals surface area contributed by atoms with Gasteiger partial charge in [0, 0.05) is 5.56 Å². The molecule has 0 bridgehead atoms. The Morgan fingerprint density at radius 1 is 1.50 bits per heavy atom. The van der Waals surface area contributed by atoms with Crippen molar-refractivity contribution in [1.29, 1.82) is 0 Å². The average Bonchev–Trinajstić information content (AvgIpc) is 2.27. The first kappa shape index (κ1) is 12.8. The molecule has 5 heteroatoms. The van der Waals surface area contributed by atoms with E-state index in [1.165, 1.54) is 0 Å². The summed E-state index contributed by atoms with van der Waals surface area (Å²) in [5.74, 6) is -0.147. The topological polar surface area (TPSA) is 55.8 Å². The number of carbonyl (C=O) groups excluding carboxylic acids is 1. The molecule has 0 heterocycles. The van der Waals surface area contributed by atoms with Gasteiger partial charge in [0.15, 0.2) is 6.61 Å². The fourth-order valence-corrected chi connectivity index (χ4v) is 1.42. The minimum absolute atomic E-state index is 0.196. The number of aliphatic hydroxyl groups excluding tert-OH is 1. The summed E-state index contributed by atoms with van der Waals surface area (Å²) in [6.45, 7) is 1.60. The van der Waals surface area contributed by atoms with Crippen LogP contribution >= 0.6 is 11.6 Å². The molecule has 0 amide bonds. The smallest absolute Gasteiger partial charge is 0.344 e. The highest BCUT2D eigenvalue weighted by Gasteiger charge is 2.10. The van der Waals surface area contributed by atoms with Crippen molar-refractivity contribution < 1.29 is 19.4 Å². The molecule has 0 aliphatic heterocycles. The van der Waals surface area contributed by atoms with Crippen molar-refractivity contribution in [3.8, 4) is 5.75 Å². The second kappa shape index (κ2) is 6.35. The van der Waals surface area contributed by atoms with Crippen LogP contribution in [0.15, 0.2) is 18.2 Å². The fourth-order valence-electron chi connectivity index (χ4n) is 1.17. The van der Waals surface area contributed by atoms with Gasteiger partial charge in [-0.2, -0.15) is 0 Å². The van der Waals surface area contributed by atoms with Crippen LogP contribution < -0.4 is 4.74 Å². The Morgan fingerprint density at radius 3 is 2.88 bits per heavy atom. The van der Waals surface area contributed by atoms with Gasteiger partial charge < -0.3 is 14.6 Å². The van der Waals surface area contributed by atoms with Gasteiger partial charge in [0.1, 0.15) is 5.75 Å². The molecule has 0 aliphatic carbocycles. The molecule has 1 rings (SSSR count). The van der Waals surface area contributed by atoms with Gasteiger partial charge in [0.25, 0.3) is 0 Å². The minimum Gasteiger partial charge on any atom is -0.480 e. The summed E-state index contributed by atoms with van der Waals surface area (Å²) in [6, 6.07) is 5.00. The molecule has 0 spiro atoms. The van der Waals surface area contributed by atoms with E-state index in [2.05, 4.69) is 0 Å². The van der Waals surface area contributed by atoms with Crippen LogP contribution in [0, 0.1) is 0 Å². The molecule has 0 saturated carbocycles. The zero-order valence-corrected chi connectivity index (χ0v) is 9.66. The number of halogens is 1. The summed E-state index contributed by atoms with van der Waals surface area (Å²) >= 11 is 5.88. The van der Waals surface area contributed by atoms with Crippen molar-refractivity contribution in [2.45, 2.75) is 13.5 Å². The Balaban J connectivity index is 2.69. The number of esters is 1. The van der Waals surface area contributed by atoms with E-state index in [1.54, 1.807) is 25.1 Å². The number of rotatable bonds is 5. The third-order valence-corrected chi connectivity index (χ3v) is 2.16. The number of aliphatic hydroxyl groups is 1. The van der Waals surface area contributed by atoms with Gasteiger partial charge in [-0.15, -0.1) is 0 Å². The summed E-state index contributed by atoms with van der Waals surface area (Å²) in [4.78, 5) is 11.1. The maximum atomic E-state index is 11.1. The Labute approximate surface area is 98.7 Å². The highest BCUT2D eigenvalue weighted by molar-refractivity contribution is 6.32. The molecule has 0 radical (unpaired) electrons. The Kier molecular flexibility index (Phi) is 5.08. The van der Waals surface area contributed by atoms with Crippen LogP contribution in [0.1, 0.15) is 12.5 Å². The maximum Gasteiger partial charge on any atom is 0.344 e. The summed E-state index contributed by atoms with van der Waals surface area (Å²) in [5, 5.41) is 9.41. The first-order chi connectivity index (χ1) is 7.69. The molecule has 0 aliphatic rings. The molecule has 16 heavy (non-hydrogen) atoms. The van der Waals surface area contributed by atoms with Crippen LogP contribution in [0.2, 0.25) is 5.02 Å². The molecular weight excluding hydrogens is 232 g/mol. The predicted molar refractivity (Wildman–Crippen MR) is 59.5 cm³/mol. The normalized spacial score (nSPS) is 9.94. The zero-order chi connectivity index (χ0) is 12.0. The molecule has 1 N–H and O–H groups in total. The van der Waals surface area contributed by atoms with Crippen LogP contribution in [0.5, 0.6) is 5.75 Å². The van der Waals surface area contributed by atoms with E-state index >= 15 is 0 Å². The first-order valence-corrected chi connectivity index (χ1v) is 5.23. The lowest BCUT2D eigenvalue weighted by molar-refractivity contribution is -0.145. The molecule has 0 atom stereocenters. The highest BCUT2D eigenvalue weighted by atomic mass is 35.5. The summed E-state index contributed by atoms with van der Waals surface area (Å²) in [5.41, 5.74) is 0.539. The Bertz CT molecular complexity index is 365. The molecule has 1 aromatic carbocycles. The SMILES string of the molecule is CCOC(=O)COc1c(Cl)cccc1CO. The number of hydrogen-bond acceptors (Lipinski definition) is 4. The van der Waals surface area contributed by atoms with Crippen molar-refractivity contribution in [2.75, 3.05) is 13.2 Å². The lowest BCUT2D eigenvalue weighted by atomic mass is 10.2. The third-order valence-electron chi connectivity index (χ3n) is 1.86. The molecule has 0 saturated heterocycles. The number of carbonyl (C=O) groups is 1. The van der Waals surface area contributed by atoms with E-state index in [1.807, 2.05) is 0 Å². The standard InChI is InChI=1S/C11H13ClO4/c1-2-15-10(14)7-16-11-8(6-13)4-3-5-9(11)12/h3-5,13H,2,6-7H2,1H3. The molecule has 0 unspecified atom stereocenters. The minimum atomic E-state index is -0.466. The largest absolute Gasteiger partial charge is 0.480 e. The average molecular weight is 245 g/mol. The Hall–Kier alpha value is -1.26. The highest BCUT2D eigenvalue weighted by Crippen LogP contribution is 2.28. The van der Waals surface area contributed by atoms with Crippen molar-refractivity contribution in [3.63, 3.8) is 0 Å². The molecule has 4 nitrogen and oxygen atoms in total.